The van der Waals surface area contributed by atoms with Crippen LogP contribution in [0, 0.1) is 6.92 Å². The molecule has 0 radical (unpaired) electrons. The van der Waals surface area contributed by atoms with E-state index in [1.807, 2.05) is 4.90 Å². The first kappa shape index (κ1) is 15.0. The zero-order valence-electron chi connectivity index (χ0n) is 12.7. The van der Waals surface area contributed by atoms with Crippen LogP contribution < -0.4 is 5.32 Å². The Morgan fingerprint density at radius 2 is 1.90 bits per heavy atom. The number of nitrogens with one attached hydrogen (secondary N) is 1. The number of benzene rings is 1. The fourth-order valence-electron chi connectivity index (χ4n) is 2.63. The number of likely N-dealkylation sites (N-methyl/N-ethyl adjacent to an activating group) is 1. The van der Waals surface area contributed by atoms with Crippen LogP contribution in [0.4, 0.5) is 0 Å². The van der Waals surface area contributed by atoms with Crippen molar-refractivity contribution < 1.29 is 4.79 Å². The fourth-order valence-corrected chi connectivity index (χ4v) is 2.63. The van der Waals surface area contributed by atoms with Crippen molar-refractivity contribution in [2.75, 3.05) is 32.7 Å². The lowest BCUT2D eigenvalue weighted by atomic mass is 10.1. The molecule has 1 aliphatic rings. The number of amides is 1. The molecule has 0 spiro atoms. The second-order valence-corrected chi connectivity index (χ2v) is 5.31. The van der Waals surface area contributed by atoms with Gasteiger partial charge in [-0.1, -0.05) is 43.7 Å². The molecule has 1 fully saturated rings. The fraction of sp³-hybridized carbons (Fsp3) is 0.562. The molecule has 4 heteroatoms. The standard InChI is InChI=1S/C16H25N3O/c1-4-18(5-2)10-11-19-15(20)12-17-16(19)14-8-6-13(3)7-9-14/h6-9,16-17H,4-5,10-12H2,1-3H3. The molecule has 1 aromatic carbocycles. The predicted molar refractivity (Wildman–Crippen MR) is 81.4 cm³/mol. The van der Waals surface area contributed by atoms with Gasteiger partial charge >= 0.3 is 0 Å². The second-order valence-electron chi connectivity index (χ2n) is 5.31. The molecule has 1 atom stereocenters. The Labute approximate surface area is 121 Å². The molecule has 20 heavy (non-hydrogen) atoms. The van der Waals surface area contributed by atoms with Crippen molar-refractivity contribution in [2.45, 2.75) is 26.9 Å². The Bertz CT molecular complexity index is 440. The average Bonchev–Trinajstić information content (AvgIpc) is 2.82. The van der Waals surface area contributed by atoms with E-state index in [1.165, 1.54) is 11.1 Å². The molecular weight excluding hydrogens is 250 g/mol. The highest BCUT2D eigenvalue weighted by Gasteiger charge is 2.31. The molecule has 1 saturated heterocycles. The largest absolute Gasteiger partial charge is 0.321 e. The van der Waals surface area contributed by atoms with Gasteiger partial charge in [-0.25, -0.2) is 0 Å². The minimum atomic E-state index is 0.0265. The normalized spacial score (nSPS) is 19.1. The van der Waals surface area contributed by atoms with Gasteiger partial charge in [0.15, 0.2) is 0 Å². The van der Waals surface area contributed by atoms with Crippen LogP contribution in [0.3, 0.4) is 0 Å². The third kappa shape index (κ3) is 3.38. The lowest BCUT2D eigenvalue weighted by Gasteiger charge is -2.27. The molecule has 1 aliphatic heterocycles. The number of nitrogens with zero attached hydrogens (tertiary/aromatic N) is 2. The van der Waals surface area contributed by atoms with E-state index < -0.39 is 0 Å². The van der Waals surface area contributed by atoms with Crippen molar-refractivity contribution in [1.29, 1.82) is 0 Å². The van der Waals surface area contributed by atoms with E-state index >= 15 is 0 Å². The zero-order valence-corrected chi connectivity index (χ0v) is 12.7. The average molecular weight is 275 g/mol. The molecule has 1 N–H and O–H groups in total. The first-order valence-corrected chi connectivity index (χ1v) is 7.47. The van der Waals surface area contributed by atoms with Crippen molar-refractivity contribution in [2.24, 2.45) is 0 Å². The summed E-state index contributed by atoms with van der Waals surface area (Å²) in [6.07, 6.45) is 0.0265. The number of carbonyl (C=O) groups is 1. The van der Waals surface area contributed by atoms with Gasteiger partial charge in [-0.05, 0) is 25.6 Å². The summed E-state index contributed by atoms with van der Waals surface area (Å²) in [4.78, 5) is 16.4. The lowest BCUT2D eigenvalue weighted by Crippen LogP contribution is -2.38. The van der Waals surface area contributed by atoms with Gasteiger partial charge in [-0.3, -0.25) is 10.1 Å². The smallest absolute Gasteiger partial charge is 0.238 e. The highest BCUT2D eigenvalue weighted by Crippen LogP contribution is 2.22. The topological polar surface area (TPSA) is 35.6 Å². The number of hydrogen-bond donors (Lipinski definition) is 1. The summed E-state index contributed by atoms with van der Waals surface area (Å²) in [6.45, 7) is 10.6. The monoisotopic (exact) mass is 275 g/mol. The molecule has 4 nitrogen and oxygen atoms in total. The van der Waals surface area contributed by atoms with Gasteiger partial charge in [0.25, 0.3) is 0 Å². The number of hydrogen-bond acceptors (Lipinski definition) is 3. The van der Waals surface area contributed by atoms with Crippen LogP contribution in [0.5, 0.6) is 0 Å². The van der Waals surface area contributed by atoms with E-state index in [0.29, 0.717) is 6.54 Å². The summed E-state index contributed by atoms with van der Waals surface area (Å²) in [5, 5.41) is 3.31. The molecule has 0 saturated carbocycles. The quantitative estimate of drug-likeness (QED) is 0.859. The summed E-state index contributed by atoms with van der Waals surface area (Å²) in [6, 6.07) is 8.41. The minimum absolute atomic E-state index is 0.0265. The molecule has 0 aliphatic carbocycles. The molecule has 0 aromatic heterocycles. The SMILES string of the molecule is CCN(CC)CCN1C(=O)CNC1c1ccc(C)cc1. The van der Waals surface area contributed by atoms with Crippen LogP contribution in [-0.4, -0.2) is 48.4 Å². The van der Waals surface area contributed by atoms with Crippen LogP contribution >= 0.6 is 0 Å². The molecule has 110 valence electrons. The van der Waals surface area contributed by atoms with Crippen molar-refractivity contribution >= 4 is 5.91 Å². The molecule has 1 unspecified atom stereocenters. The van der Waals surface area contributed by atoms with Crippen LogP contribution in [0.1, 0.15) is 31.1 Å². The lowest BCUT2D eigenvalue weighted by molar-refractivity contribution is -0.128. The van der Waals surface area contributed by atoms with E-state index in [0.717, 1.165) is 26.2 Å². The Kier molecular flexibility index (Phi) is 5.15. The van der Waals surface area contributed by atoms with E-state index in [1.54, 1.807) is 0 Å². The van der Waals surface area contributed by atoms with Gasteiger partial charge in [0.2, 0.25) is 5.91 Å². The van der Waals surface area contributed by atoms with Crippen LogP contribution in [0.25, 0.3) is 0 Å². The molecule has 1 amide bonds. The summed E-state index contributed by atoms with van der Waals surface area (Å²) in [7, 11) is 0. The summed E-state index contributed by atoms with van der Waals surface area (Å²) < 4.78 is 0. The predicted octanol–water partition coefficient (Wildman–Crippen LogP) is 1.77. The molecule has 1 heterocycles. The molecular formula is C16H25N3O. The van der Waals surface area contributed by atoms with Crippen molar-refractivity contribution in [3.8, 4) is 0 Å². The van der Waals surface area contributed by atoms with Crippen LogP contribution in [0.15, 0.2) is 24.3 Å². The van der Waals surface area contributed by atoms with Gasteiger partial charge in [0.1, 0.15) is 6.17 Å². The highest BCUT2D eigenvalue weighted by atomic mass is 16.2. The third-order valence-electron chi connectivity index (χ3n) is 4.02. The van der Waals surface area contributed by atoms with Gasteiger partial charge in [0.05, 0.1) is 6.54 Å². The number of rotatable bonds is 6. The molecule has 2 rings (SSSR count). The maximum absolute atomic E-state index is 12.1. The van der Waals surface area contributed by atoms with E-state index in [2.05, 4.69) is 55.3 Å². The second kappa shape index (κ2) is 6.86. The van der Waals surface area contributed by atoms with Gasteiger partial charge in [-0.2, -0.15) is 0 Å². The summed E-state index contributed by atoms with van der Waals surface area (Å²) in [5.74, 6) is 0.197. The van der Waals surface area contributed by atoms with Gasteiger partial charge in [0, 0.05) is 13.1 Å². The maximum Gasteiger partial charge on any atom is 0.238 e. The van der Waals surface area contributed by atoms with E-state index in [-0.39, 0.29) is 12.1 Å². The Hall–Kier alpha value is -1.39. The first-order valence-electron chi connectivity index (χ1n) is 7.47. The third-order valence-corrected chi connectivity index (χ3v) is 4.02. The Balaban J connectivity index is 2.04. The first-order chi connectivity index (χ1) is 9.65. The minimum Gasteiger partial charge on any atom is -0.321 e. The molecule has 0 bridgehead atoms. The Morgan fingerprint density at radius 1 is 1.25 bits per heavy atom. The van der Waals surface area contributed by atoms with E-state index in [4.69, 9.17) is 0 Å². The summed E-state index contributed by atoms with van der Waals surface area (Å²) >= 11 is 0. The number of carbonyl (C=O) groups excluding carboxylic acids is 1. The van der Waals surface area contributed by atoms with Crippen molar-refractivity contribution in [1.82, 2.24) is 15.1 Å². The van der Waals surface area contributed by atoms with Crippen molar-refractivity contribution in [3.05, 3.63) is 35.4 Å². The number of aryl methyl sites for hydroxylation is 1. The highest BCUT2D eigenvalue weighted by molar-refractivity contribution is 5.80. The maximum atomic E-state index is 12.1. The zero-order chi connectivity index (χ0) is 14.5. The van der Waals surface area contributed by atoms with E-state index in [9.17, 15) is 4.79 Å². The van der Waals surface area contributed by atoms with Crippen LogP contribution in [-0.2, 0) is 4.79 Å². The molecule has 1 aromatic rings. The van der Waals surface area contributed by atoms with Gasteiger partial charge < -0.3 is 9.80 Å². The van der Waals surface area contributed by atoms with Gasteiger partial charge in [-0.15, -0.1) is 0 Å². The van der Waals surface area contributed by atoms with Crippen LogP contribution in [0.2, 0.25) is 0 Å². The van der Waals surface area contributed by atoms with Crippen molar-refractivity contribution in [3.63, 3.8) is 0 Å². The Morgan fingerprint density at radius 3 is 2.50 bits per heavy atom. The summed E-state index contributed by atoms with van der Waals surface area (Å²) in [5.41, 5.74) is 2.41.